The van der Waals surface area contributed by atoms with Crippen molar-refractivity contribution in [1.82, 2.24) is 4.90 Å². The molecule has 88 valence electrons. The summed E-state index contributed by atoms with van der Waals surface area (Å²) in [6.45, 7) is 0.796. The summed E-state index contributed by atoms with van der Waals surface area (Å²) in [5.74, 6) is 0.278. The first kappa shape index (κ1) is 13.1. The number of nitrogens with zero attached hydrogens (tertiary/aromatic N) is 1. The third-order valence-electron chi connectivity index (χ3n) is 1.87. The van der Waals surface area contributed by atoms with E-state index in [4.69, 9.17) is 33.7 Å². The van der Waals surface area contributed by atoms with Crippen LogP contribution in [0.3, 0.4) is 0 Å². The molecular weight excluding hydrogens is 251 g/mol. The van der Waals surface area contributed by atoms with Crippen molar-refractivity contribution in [1.29, 1.82) is 0 Å². The molecule has 0 heterocycles. The highest BCUT2D eigenvalue weighted by atomic mass is 35.5. The molecule has 0 aromatic heterocycles. The van der Waals surface area contributed by atoms with Crippen LogP contribution in [0.25, 0.3) is 0 Å². The minimum absolute atomic E-state index is 0.278. The lowest BCUT2D eigenvalue weighted by Crippen LogP contribution is -2.33. The number of hydrogen-bond acceptors (Lipinski definition) is 3. The van der Waals surface area contributed by atoms with Gasteiger partial charge in [0.25, 0.3) is 0 Å². The number of carbonyl (C=O) groups excluding carboxylic acids is 1. The number of likely N-dealkylation sites (N-methyl/N-ethyl adjacent to an activating group) is 1. The van der Waals surface area contributed by atoms with Crippen molar-refractivity contribution in [2.24, 2.45) is 5.73 Å². The zero-order chi connectivity index (χ0) is 12.1. The Morgan fingerprint density at radius 2 is 2.19 bits per heavy atom. The van der Waals surface area contributed by atoms with Gasteiger partial charge in [-0.1, -0.05) is 23.2 Å². The van der Waals surface area contributed by atoms with Gasteiger partial charge in [-0.25, -0.2) is 4.79 Å². The van der Waals surface area contributed by atoms with E-state index in [0.717, 1.165) is 0 Å². The van der Waals surface area contributed by atoms with Gasteiger partial charge in [0.15, 0.2) is 5.75 Å². The molecule has 0 aliphatic rings. The number of carbonyl (C=O) groups is 1. The zero-order valence-electron chi connectivity index (χ0n) is 8.74. The summed E-state index contributed by atoms with van der Waals surface area (Å²) >= 11 is 11.6. The lowest BCUT2D eigenvalue weighted by Gasteiger charge is -2.15. The van der Waals surface area contributed by atoms with Crippen LogP contribution in [0.1, 0.15) is 0 Å². The minimum atomic E-state index is -0.505. The summed E-state index contributed by atoms with van der Waals surface area (Å²) in [5, 5.41) is 0.780. The number of halogens is 2. The van der Waals surface area contributed by atoms with Gasteiger partial charge >= 0.3 is 6.09 Å². The topological polar surface area (TPSA) is 55.6 Å². The van der Waals surface area contributed by atoms with Gasteiger partial charge in [-0.15, -0.1) is 0 Å². The molecule has 4 nitrogen and oxygen atoms in total. The third-order valence-corrected chi connectivity index (χ3v) is 2.40. The predicted octanol–water partition coefficient (Wildman–Crippen LogP) is 2.38. The molecule has 1 aromatic rings. The Balaban J connectivity index is 2.69. The van der Waals surface area contributed by atoms with E-state index in [1.165, 1.54) is 11.0 Å². The molecule has 0 saturated heterocycles. The molecule has 0 aliphatic heterocycles. The van der Waals surface area contributed by atoms with Gasteiger partial charge in [0.05, 0.1) is 5.02 Å². The highest BCUT2D eigenvalue weighted by Crippen LogP contribution is 2.27. The molecule has 0 aliphatic carbocycles. The average Bonchev–Trinajstić information content (AvgIpc) is 2.22. The van der Waals surface area contributed by atoms with Crippen LogP contribution in [-0.4, -0.2) is 31.1 Å². The van der Waals surface area contributed by atoms with Crippen LogP contribution in [0, 0.1) is 0 Å². The first-order chi connectivity index (χ1) is 7.54. The Hall–Kier alpha value is -0.970. The Morgan fingerprint density at radius 1 is 1.50 bits per heavy atom. The van der Waals surface area contributed by atoms with Crippen molar-refractivity contribution in [3.8, 4) is 5.75 Å². The fraction of sp³-hybridized carbons (Fsp3) is 0.300. The molecule has 0 bridgehead atoms. The number of hydrogen-bond donors (Lipinski definition) is 1. The fourth-order valence-corrected chi connectivity index (χ4v) is 1.46. The van der Waals surface area contributed by atoms with Crippen molar-refractivity contribution in [2.75, 3.05) is 20.1 Å². The average molecular weight is 263 g/mol. The van der Waals surface area contributed by atoms with Gasteiger partial charge in [-0.2, -0.15) is 0 Å². The van der Waals surface area contributed by atoms with Crippen LogP contribution in [-0.2, 0) is 0 Å². The molecule has 1 amide bonds. The quantitative estimate of drug-likeness (QED) is 0.910. The Bertz CT molecular complexity index is 385. The summed E-state index contributed by atoms with van der Waals surface area (Å²) in [6.07, 6.45) is -0.505. The number of nitrogens with two attached hydrogens (primary N) is 1. The second-order valence-corrected chi connectivity index (χ2v) is 4.00. The van der Waals surface area contributed by atoms with Crippen LogP contribution in [0.5, 0.6) is 5.75 Å². The highest BCUT2D eigenvalue weighted by Gasteiger charge is 2.12. The summed E-state index contributed by atoms with van der Waals surface area (Å²) in [5.41, 5.74) is 5.32. The molecule has 2 N–H and O–H groups in total. The van der Waals surface area contributed by atoms with Gasteiger partial charge < -0.3 is 15.4 Å². The van der Waals surface area contributed by atoms with E-state index in [0.29, 0.717) is 23.1 Å². The smallest absolute Gasteiger partial charge is 0.409 e. The van der Waals surface area contributed by atoms with Crippen molar-refractivity contribution in [3.63, 3.8) is 0 Å². The minimum Gasteiger partial charge on any atom is -0.409 e. The van der Waals surface area contributed by atoms with E-state index >= 15 is 0 Å². The number of ether oxygens (including phenoxy) is 1. The van der Waals surface area contributed by atoms with E-state index in [1.54, 1.807) is 19.2 Å². The maximum Gasteiger partial charge on any atom is 0.415 e. The van der Waals surface area contributed by atoms with Crippen LogP contribution in [0.15, 0.2) is 18.2 Å². The molecular formula is C10H12Cl2N2O2. The van der Waals surface area contributed by atoms with Crippen LogP contribution in [0.2, 0.25) is 10.0 Å². The Kier molecular flexibility index (Phi) is 4.86. The van der Waals surface area contributed by atoms with E-state index in [1.807, 2.05) is 0 Å². The van der Waals surface area contributed by atoms with Gasteiger partial charge in [0.2, 0.25) is 0 Å². The number of rotatable bonds is 3. The number of amides is 1. The second kappa shape index (κ2) is 5.94. The van der Waals surface area contributed by atoms with E-state index in [2.05, 4.69) is 0 Å². The van der Waals surface area contributed by atoms with E-state index in [-0.39, 0.29) is 5.75 Å². The van der Waals surface area contributed by atoms with Crippen molar-refractivity contribution in [2.45, 2.75) is 0 Å². The fourth-order valence-electron chi connectivity index (χ4n) is 1.01. The number of benzene rings is 1. The molecule has 0 unspecified atom stereocenters. The summed E-state index contributed by atoms with van der Waals surface area (Å²) in [7, 11) is 1.60. The summed E-state index contributed by atoms with van der Waals surface area (Å²) in [6, 6.07) is 4.65. The molecule has 1 aromatic carbocycles. The van der Waals surface area contributed by atoms with Crippen LogP contribution < -0.4 is 10.5 Å². The van der Waals surface area contributed by atoms with Crippen molar-refractivity contribution < 1.29 is 9.53 Å². The van der Waals surface area contributed by atoms with Gasteiger partial charge in [-0.05, 0) is 18.2 Å². The van der Waals surface area contributed by atoms with Crippen LogP contribution >= 0.6 is 23.2 Å². The largest absolute Gasteiger partial charge is 0.415 e. The van der Waals surface area contributed by atoms with Crippen molar-refractivity contribution >= 4 is 29.3 Å². The maximum absolute atomic E-state index is 11.5. The molecule has 6 heteroatoms. The molecule has 16 heavy (non-hydrogen) atoms. The van der Waals surface area contributed by atoms with E-state index in [9.17, 15) is 4.79 Å². The van der Waals surface area contributed by atoms with E-state index < -0.39 is 6.09 Å². The molecule has 1 rings (SSSR count). The van der Waals surface area contributed by atoms with Gasteiger partial charge in [-0.3, -0.25) is 0 Å². The normalized spacial score (nSPS) is 10.0. The molecule has 0 saturated carbocycles. The Morgan fingerprint density at radius 3 is 2.75 bits per heavy atom. The predicted molar refractivity (Wildman–Crippen MR) is 64.2 cm³/mol. The first-order valence-electron chi connectivity index (χ1n) is 4.62. The first-order valence-corrected chi connectivity index (χ1v) is 5.38. The third kappa shape index (κ3) is 3.56. The monoisotopic (exact) mass is 262 g/mol. The standard InChI is InChI=1S/C10H12Cl2N2O2/c1-14(5-4-13)10(15)16-9-3-2-7(11)6-8(9)12/h2-3,6H,4-5,13H2,1H3. The highest BCUT2D eigenvalue weighted by molar-refractivity contribution is 6.35. The SMILES string of the molecule is CN(CCN)C(=O)Oc1ccc(Cl)cc1Cl. The van der Waals surface area contributed by atoms with Gasteiger partial charge in [0.1, 0.15) is 0 Å². The molecule has 0 radical (unpaired) electrons. The Labute approximate surface area is 104 Å². The maximum atomic E-state index is 11.5. The molecule has 0 atom stereocenters. The van der Waals surface area contributed by atoms with Gasteiger partial charge in [0, 0.05) is 25.2 Å². The summed E-state index contributed by atoms with van der Waals surface area (Å²) in [4.78, 5) is 12.9. The molecule has 0 spiro atoms. The lowest BCUT2D eigenvalue weighted by atomic mass is 10.3. The summed E-state index contributed by atoms with van der Waals surface area (Å²) < 4.78 is 5.06. The zero-order valence-corrected chi connectivity index (χ0v) is 10.3. The second-order valence-electron chi connectivity index (χ2n) is 3.15. The van der Waals surface area contributed by atoms with Crippen LogP contribution in [0.4, 0.5) is 4.79 Å². The molecule has 0 fully saturated rings. The van der Waals surface area contributed by atoms with Crippen molar-refractivity contribution in [3.05, 3.63) is 28.2 Å². The lowest BCUT2D eigenvalue weighted by molar-refractivity contribution is 0.164.